The second kappa shape index (κ2) is 9.81. The van der Waals surface area contributed by atoms with Crippen LogP contribution in [0.2, 0.25) is 0 Å². The van der Waals surface area contributed by atoms with Crippen LogP contribution in [-0.4, -0.2) is 49.8 Å². The predicted octanol–water partition coefficient (Wildman–Crippen LogP) is 3.88. The summed E-state index contributed by atoms with van der Waals surface area (Å²) in [5, 5.41) is 20.4. The van der Waals surface area contributed by atoms with Crippen molar-refractivity contribution < 1.29 is 14.6 Å². The predicted molar refractivity (Wildman–Crippen MR) is 136 cm³/mol. The highest BCUT2D eigenvalue weighted by atomic mass is 32.2. The van der Waals surface area contributed by atoms with E-state index in [1.165, 1.54) is 11.8 Å². The van der Waals surface area contributed by atoms with Crippen LogP contribution in [-0.2, 0) is 0 Å². The van der Waals surface area contributed by atoms with Gasteiger partial charge in [0.1, 0.15) is 18.1 Å². The molecule has 3 aromatic carbocycles. The second-order valence-electron chi connectivity index (χ2n) is 8.06. The third-order valence-electron chi connectivity index (χ3n) is 5.59. The molecule has 0 saturated heterocycles. The summed E-state index contributed by atoms with van der Waals surface area (Å²) in [6, 6.07) is 22.3. The van der Waals surface area contributed by atoms with E-state index in [0.717, 1.165) is 11.3 Å². The third-order valence-corrected chi connectivity index (χ3v) is 6.67. The number of hydrogen-bond acceptors (Lipinski definition) is 7. The number of hydrogen-bond donors (Lipinski definition) is 1. The van der Waals surface area contributed by atoms with Gasteiger partial charge in [-0.3, -0.25) is 9.20 Å². The zero-order valence-electron chi connectivity index (χ0n) is 19.3. The number of rotatable bonds is 8. The Kier molecular flexibility index (Phi) is 6.43. The Bertz CT molecular complexity index is 1530. The molecule has 0 aliphatic carbocycles. The van der Waals surface area contributed by atoms with Gasteiger partial charge in [0, 0.05) is 5.75 Å². The number of aliphatic hydroxyl groups is 1. The van der Waals surface area contributed by atoms with Crippen LogP contribution in [0.5, 0.6) is 11.5 Å². The molecule has 1 N–H and O–H groups in total. The molecule has 5 rings (SSSR count). The Morgan fingerprint density at radius 1 is 0.971 bits per heavy atom. The number of methoxy groups -OCH3 is 1. The summed E-state index contributed by atoms with van der Waals surface area (Å²) in [4.78, 5) is 13.4. The molecule has 5 aromatic rings. The van der Waals surface area contributed by atoms with E-state index in [4.69, 9.17) is 9.47 Å². The first-order valence-corrected chi connectivity index (χ1v) is 12.1. The van der Waals surface area contributed by atoms with Gasteiger partial charge in [0.2, 0.25) is 5.78 Å². The van der Waals surface area contributed by atoms with Crippen molar-refractivity contribution >= 4 is 28.4 Å². The first-order valence-electron chi connectivity index (χ1n) is 11.1. The fourth-order valence-corrected chi connectivity index (χ4v) is 4.63. The van der Waals surface area contributed by atoms with Crippen LogP contribution in [0, 0.1) is 6.92 Å². The molecule has 178 valence electrons. The largest absolute Gasteiger partial charge is 0.497 e. The molecule has 0 spiro atoms. The zero-order chi connectivity index (χ0) is 24.4. The lowest BCUT2D eigenvalue weighted by Crippen LogP contribution is -2.22. The molecular weight excluding hydrogens is 464 g/mol. The number of benzene rings is 3. The van der Waals surface area contributed by atoms with Crippen molar-refractivity contribution in [3.05, 3.63) is 88.7 Å². The van der Waals surface area contributed by atoms with Crippen LogP contribution in [0.3, 0.4) is 0 Å². The molecule has 35 heavy (non-hydrogen) atoms. The Labute approximate surface area is 205 Å². The van der Waals surface area contributed by atoms with Crippen molar-refractivity contribution in [3.8, 4) is 17.2 Å². The topological polar surface area (TPSA) is 90.9 Å². The van der Waals surface area contributed by atoms with Gasteiger partial charge in [-0.05, 0) is 55.5 Å². The van der Waals surface area contributed by atoms with Crippen LogP contribution in [0.4, 0.5) is 0 Å². The van der Waals surface area contributed by atoms with E-state index in [-0.39, 0.29) is 12.2 Å². The number of aliphatic hydroxyl groups excluding tert-OH is 1. The van der Waals surface area contributed by atoms with Gasteiger partial charge in [0.05, 0.1) is 29.8 Å². The number of nitrogens with zero attached hydrogens (tertiary/aromatic N) is 4. The maximum Gasteiger partial charge on any atom is 0.267 e. The highest BCUT2D eigenvalue weighted by molar-refractivity contribution is 7.99. The summed E-state index contributed by atoms with van der Waals surface area (Å²) in [5.74, 6) is 2.15. The highest BCUT2D eigenvalue weighted by Gasteiger charge is 2.19. The van der Waals surface area contributed by atoms with E-state index < -0.39 is 6.10 Å². The molecule has 0 aliphatic heterocycles. The molecule has 2 aromatic heterocycles. The normalized spacial score (nSPS) is 12.2. The molecule has 0 radical (unpaired) electrons. The van der Waals surface area contributed by atoms with Crippen molar-refractivity contribution in [3.63, 3.8) is 0 Å². The second-order valence-corrected chi connectivity index (χ2v) is 9.05. The minimum Gasteiger partial charge on any atom is -0.497 e. The van der Waals surface area contributed by atoms with Crippen molar-refractivity contribution in [2.75, 3.05) is 19.5 Å². The number of ether oxygens (including phenoxy) is 2. The molecule has 1 atom stereocenters. The van der Waals surface area contributed by atoms with Gasteiger partial charge >= 0.3 is 0 Å². The van der Waals surface area contributed by atoms with E-state index in [1.54, 1.807) is 42.0 Å². The zero-order valence-corrected chi connectivity index (χ0v) is 20.1. The Balaban J connectivity index is 1.43. The maximum absolute atomic E-state index is 13.4. The first-order chi connectivity index (χ1) is 17.0. The molecule has 0 amide bonds. The van der Waals surface area contributed by atoms with Crippen molar-refractivity contribution in [2.24, 2.45) is 0 Å². The summed E-state index contributed by atoms with van der Waals surface area (Å²) in [6.45, 7) is 2.13. The molecule has 0 saturated carbocycles. The summed E-state index contributed by atoms with van der Waals surface area (Å²) < 4.78 is 14.3. The van der Waals surface area contributed by atoms with Crippen molar-refractivity contribution in [1.29, 1.82) is 0 Å². The van der Waals surface area contributed by atoms with Gasteiger partial charge in [-0.1, -0.05) is 41.6 Å². The monoisotopic (exact) mass is 488 g/mol. The lowest BCUT2D eigenvalue weighted by molar-refractivity contribution is 0.126. The smallest absolute Gasteiger partial charge is 0.267 e. The van der Waals surface area contributed by atoms with Crippen LogP contribution in [0.1, 0.15) is 5.56 Å². The maximum atomic E-state index is 13.4. The Hall–Kier alpha value is -3.82. The summed E-state index contributed by atoms with van der Waals surface area (Å²) >= 11 is 1.36. The van der Waals surface area contributed by atoms with E-state index in [1.807, 2.05) is 53.8 Å². The molecule has 8 nitrogen and oxygen atoms in total. The first kappa shape index (κ1) is 22.9. The third kappa shape index (κ3) is 4.60. The SMILES string of the molecule is COc1ccc(OCC(O)CSc2nnc3n(-c4ccc(C)cc4)c(=O)c4ccccc4n23)cc1. The molecule has 1 unspecified atom stereocenters. The lowest BCUT2D eigenvalue weighted by atomic mass is 10.2. The quantitative estimate of drug-likeness (QED) is 0.332. The average molecular weight is 489 g/mol. The number of aryl methyl sites for hydroxylation is 1. The minimum absolute atomic E-state index is 0.130. The van der Waals surface area contributed by atoms with Gasteiger partial charge in [-0.25, -0.2) is 4.57 Å². The highest BCUT2D eigenvalue weighted by Crippen LogP contribution is 2.24. The van der Waals surface area contributed by atoms with Gasteiger partial charge in [0.25, 0.3) is 5.56 Å². The van der Waals surface area contributed by atoms with Crippen molar-refractivity contribution in [1.82, 2.24) is 19.2 Å². The van der Waals surface area contributed by atoms with Crippen LogP contribution in [0.15, 0.2) is 82.7 Å². The molecular formula is C26H24N4O4S. The van der Waals surface area contributed by atoms with Crippen LogP contribution in [0.25, 0.3) is 22.4 Å². The Morgan fingerprint density at radius 2 is 1.69 bits per heavy atom. The van der Waals surface area contributed by atoms with E-state index in [9.17, 15) is 9.90 Å². The number of thioether (sulfide) groups is 1. The van der Waals surface area contributed by atoms with Gasteiger partial charge in [0.15, 0.2) is 5.16 Å². The van der Waals surface area contributed by atoms with Crippen molar-refractivity contribution in [2.45, 2.75) is 18.2 Å². The molecule has 0 bridgehead atoms. The lowest BCUT2D eigenvalue weighted by Gasteiger charge is -2.13. The van der Waals surface area contributed by atoms with E-state index in [0.29, 0.717) is 39.0 Å². The molecule has 0 aliphatic rings. The molecule has 9 heteroatoms. The molecule has 2 heterocycles. The number of fused-ring (bicyclic) bond motifs is 3. The van der Waals surface area contributed by atoms with Gasteiger partial charge in [-0.2, -0.15) is 0 Å². The fourth-order valence-electron chi connectivity index (χ4n) is 3.78. The standard InChI is InChI=1S/C26H24N4O4S/c1-17-7-9-18(10-8-17)29-24(32)22-5-3-4-6-23(22)30-25(29)27-28-26(30)35-16-19(31)15-34-21-13-11-20(33-2)12-14-21/h3-14,19,31H,15-16H2,1-2H3. The van der Waals surface area contributed by atoms with Crippen LogP contribution >= 0.6 is 11.8 Å². The fraction of sp³-hybridized carbons (Fsp3) is 0.192. The summed E-state index contributed by atoms with van der Waals surface area (Å²) in [6.07, 6.45) is -0.733. The molecule has 0 fully saturated rings. The Morgan fingerprint density at radius 3 is 2.43 bits per heavy atom. The number of para-hydroxylation sites is 1. The van der Waals surface area contributed by atoms with E-state index >= 15 is 0 Å². The van der Waals surface area contributed by atoms with E-state index in [2.05, 4.69) is 10.2 Å². The number of aromatic nitrogens is 4. The average Bonchev–Trinajstić information content (AvgIpc) is 3.31. The minimum atomic E-state index is -0.733. The van der Waals surface area contributed by atoms with Crippen LogP contribution < -0.4 is 15.0 Å². The van der Waals surface area contributed by atoms with Gasteiger partial charge in [-0.15, -0.1) is 10.2 Å². The van der Waals surface area contributed by atoms with Gasteiger partial charge < -0.3 is 14.6 Å². The summed E-state index contributed by atoms with van der Waals surface area (Å²) in [5.41, 5.74) is 2.37. The summed E-state index contributed by atoms with van der Waals surface area (Å²) in [7, 11) is 1.61.